The van der Waals surface area contributed by atoms with Gasteiger partial charge in [-0.15, -0.1) is 0 Å². The second-order valence-corrected chi connectivity index (χ2v) is 7.43. The Labute approximate surface area is 175 Å². The molecule has 0 amide bonds. The van der Waals surface area contributed by atoms with E-state index in [-0.39, 0.29) is 6.04 Å². The van der Waals surface area contributed by atoms with Crippen LogP contribution in [0.3, 0.4) is 0 Å². The van der Waals surface area contributed by atoms with E-state index in [1.54, 1.807) is 0 Å². The van der Waals surface area contributed by atoms with Gasteiger partial charge in [-0.3, -0.25) is 4.99 Å². The molecule has 2 heterocycles. The summed E-state index contributed by atoms with van der Waals surface area (Å²) in [5.74, 6) is 2.21. The van der Waals surface area contributed by atoms with Gasteiger partial charge >= 0.3 is 6.01 Å². The molecule has 5 nitrogen and oxygen atoms in total. The van der Waals surface area contributed by atoms with Crippen LogP contribution in [0.15, 0.2) is 83.4 Å². The summed E-state index contributed by atoms with van der Waals surface area (Å²) in [6.45, 7) is 4.25. The molecule has 1 aromatic heterocycles. The van der Waals surface area contributed by atoms with Crippen molar-refractivity contribution >= 4 is 33.3 Å². The largest absolute Gasteiger partial charge is 0.424 e. The van der Waals surface area contributed by atoms with Crippen molar-refractivity contribution in [1.29, 1.82) is 0 Å². The first-order valence-electron chi connectivity index (χ1n) is 10.2. The summed E-state index contributed by atoms with van der Waals surface area (Å²) in [5, 5.41) is 6.58. The smallest absolute Gasteiger partial charge is 0.324 e. The van der Waals surface area contributed by atoms with Crippen LogP contribution in [-0.2, 0) is 0 Å². The lowest BCUT2D eigenvalue weighted by molar-refractivity contribution is 0.446. The van der Waals surface area contributed by atoms with Gasteiger partial charge in [-0.25, -0.2) is 0 Å². The Kier molecular flexibility index (Phi) is 4.64. The number of benzene rings is 3. The van der Waals surface area contributed by atoms with E-state index in [4.69, 9.17) is 9.73 Å². The number of para-hydroxylation sites is 1. The number of nitrogens with one attached hydrogen (secondary N) is 1. The Bertz CT molecular complexity index is 1310. The molecule has 0 saturated heterocycles. The van der Waals surface area contributed by atoms with E-state index in [9.17, 15) is 0 Å². The molecule has 148 valence electrons. The maximum Gasteiger partial charge on any atom is 0.324 e. The van der Waals surface area contributed by atoms with Crippen molar-refractivity contribution in [3.05, 3.63) is 78.4 Å². The first-order valence-corrected chi connectivity index (χ1v) is 10.2. The Morgan fingerprint density at radius 1 is 0.933 bits per heavy atom. The van der Waals surface area contributed by atoms with Crippen molar-refractivity contribution in [2.75, 3.05) is 5.32 Å². The number of aliphatic imine (C=N–C) groups is 1. The molecule has 0 radical (unpaired) electrons. The first-order chi connectivity index (χ1) is 14.7. The molecule has 4 aromatic rings. The maximum atomic E-state index is 6.05. The van der Waals surface area contributed by atoms with Crippen LogP contribution in [0.25, 0.3) is 21.7 Å². The summed E-state index contributed by atoms with van der Waals surface area (Å²) in [7, 11) is 0. The van der Waals surface area contributed by atoms with Crippen LogP contribution in [0.1, 0.15) is 20.3 Å². The number of fused-ring (bicyclic) bond motifs is 2. The molecule has 5 rings (SSSR count). The van der Waals surface area contributed by atoms with Crippen LogP contribution >= 0.6 is 0 Å². The summed E-state index contributed by atoms with van der Waals surface area (Å²) >= 11 is 0. The summed E-state index contributed by atoms with van der Waals surface area (Å²) in [5.41, 5.74) is 2.07. The number of hydrogen-bond acceptors (Lipinski definition) is 5. The Morgan fingerprint density at radius 2 is 1.73 bits per heavy atom. The van der Waals surface area contributed by atoms with Crippen molar-refractivity contribution in [3.63, 3.8) is 0 Å². The Morgan fingerprint density at radius 3 is 2.57 bits per heavy atom. The molecule has 1 unspecified atom stereocenters. The van der Waals surface area contributed by atoms with E-state index in [1.165, 1.54) is 11.0 Å². The number of ether oxygens (including phenoxy) is 1. The number of amidine groups is 1. The molecule has 1 aliphatic heterocycles. The Balaban J connectivity index is 1.51. The molecule has 0 fully saturated rings. The van der Waals surface area contributed by atoms with Gasteiger partial charge in [-0.2, -0.15) is 9.97 Å². The van der Waals surface area contributed by atoms with Crippen LogP contribution < -0.4 is 10.1 Å². The van der Waals surface area contributed by atoms with Gasteiger partial charge in [0.2, 0.25) is 0 Å². The van der Waals surface area contributed by atoms with E-state index in [2.05, 4.69) is 47.3 Å². The molecule has 5 heteroatoms. The second-order valence-electron chi connectivity index (χ2n) is 7.43. The van der Waals surface area contributed by atoms with Crippen molar-refractivity contribution in [3.8, 4) is 11.8 Å². The number of aromatic nitrogens is 2. The average Bonchev–Trinajstić information content (AvgIpc) is 3.12. The number of hydrogen-bond donors (Lipinski definition) is 1. The fraction of sp³-hybridized carbons (Fsp3) is 0.160. The van der Waals surface area contributed by atoms with Crippen LogP contribution in [0.2, 0.25) is 0 Å². The normalized spacial score (nSPS) is 15.9. The van der Waals surface area contributed by atoms with Gasteiger partial charge in [-0.05, 0) is 60.0 Å². The molecule has 0 spiro atoms. The van der Waals surface area contributed by atoms with Crippen molar-refractivity contribution < 1.29 is 4.74 Å². The molecule has 1 aliphatic rings. The molecule has 30 heavy (non-hydrogen) atoms. The highest BCUT2D eigenvalue weighted by Gasteiger charge is 2.17. The summed E-state index contributed by atoms with van der Waals surface area (Å²) in [4.78, 5) is 14.0. The first kappa shape index (κ1) is 18.3. The third-order valence-corrected chi connectivity index (χ3v) is 5.33. The zero-order chi connectivity index (χ0) is 20.5. The molecule has 3 aromatic carbocycles. The van der Waals surface area contributed by atoms with Gasteiger partial charge in [-0.1, -0.05) is 49.4 Å². The summed E-state index contributed by atoms with van der Waals surface area (Å²) in [6.07, 6.45) is 3.06. The monoisotopic (exact) mass is 394 g/mol. The number of anilines is 1. The third kappa shape index (κ3) is 3.50. The van der Waals surface area contributed by atoms with Crippen LogP contribution in [0.5, 0.6) is 11.8 Å². The van der Waals surface area contributed by atoms with Gasteiger partial charge in [0.15, 0.2) is 0 Å². The lowest BCUT2D eigenvalue weighted by Gasteiger charge is -2.11. The fourth-order valence-electron chi connectivity index (χ4n) is 3.75. The maximum absolute atomic E-state index is 6.05. The van der Waals surface area contributed by atoms with Crippen molar-refractivity contribution in [1.82, 2.24) is 9.97 Å². The van der Waals surface area contributed by atoms with Gasteiger partial charge in [0.05, 0.1) is 11.6 Å². The van der Waals surface area contributed by atoms with Gasteiger partial charge in [0, 0.05) is 5.39 Å². The van der Waals surface area contributed by atoms with Gasteiger partial charge in [0.25, 0.3) is 0 Å². The second kappa shape index (κ2) is 7.59. The van der Waals surface area contributed by atoms with Crippen molar-refractivity contribution in [2.45, 2.75) is 26.3 Å². The molecule has 0 saturated carbocycles. The highest BCUT2D eigenvalue weighted by molar-refractivity contribution is 6.09. The molecule has 0 aliphatic carbocycles. The quantitative estimate of drug-likeness (QED) is 0.453. The van der Waals surface area contributed by atoms with Gasteiger partial charge in [0.1, 0.15) is 17.4 Å². The summed E-state index contributed by atoms with van der Waals surface area (Å²) in [6, 6.07) is 22.6. The predicted molar refractivity (Wildman–Crippen MR) is 122 cm³/mol. The molecular formula is C25H22N4O. The Hall–Kier alpha value is -3.73. The van der Waals surface area contributed by atoms with E-state index >= 15 is 0 Å². The highest BCUT2D eigenvalue weighted by atomic mass is 16.5. The standard InChI is InChI=1S/C25H22N4O/c1-3-21-16(2)14-23(26-21)28-24-20-10-6-7-11-22(20)27-25(29-24)30-19-13-12-17-8-4-5-9-18(17)15-19/h4-15,21H,3H2,1-2H3,(H,26,27,28,29). The minimum absolute atomic E-state index is 0.230. The highest BCUT2D eigenvalue weighted by Crippen LogP contribution is 2.28. The SMILES string of the molecule is CCC1N=C(Nc2nc(Oc3ccc4ccccc4c3)nc3ccccc23)C=C1C. The molecule has 0 bridgehead atoms. The zero-order valence-corrected chi connectivity index (χ0v) is 17.0. The van der Waals surface area contributed by atoms with Crippen LogP contribution in [0, 0.1) is 0 Å². The van der Waals surface area contributed by atoms with Crippen LogP contribution in [0.4, 0.5) is 5.82 Å². The van der Waals surface area contributed by atoms with Gasteiger partial charge < -0.3 is 10.1 Å². The fourth-order valence-corrected chi connectivity index (χ4v) is 3.75. The molecular weight excluding hydrogens is 372 g/mol. The van der Waals surface area contributed by atoms with Crippen LogP contribution in [-0.4, -0.2) is 21.8 Å². The molecule has 1 atom stereocenters. The summed E-state index contributed by atoms with van der Waals surface area (Å²) < 4.78 is 6.05. The number of rotatable bonds is 4. The lowest BCUT2D eigenvalue weighted by Crippen LogP contribution is -2.10. The lowest BCUT2D eigenvalue weighted by atomic mass is 10.1. The van der Waals surface area contributed by atoms with E-state index < -0.39 is 0 Å². The van der Waals surface area contributed by atoms with Crippen molar-refractivity contribution in [2.24, 2.45) is 4.99 Å². The van der Waals surface area contributed by atoms with E-state index in [1.807, 2.05) is 54.6 Å². The molecule has 1 N–H and O–H groups in total. The number of nitrogens with zero attached hydrogens (tertiary/aromatic N) is 3. The van der Waals surface area contributed by atoms with E-state index in [0.29, 0.717) is 17.6 Å². The minimum Gasteiger partial charge on any atom is -0.424 e. The topological polar surface area (TPSA) is 59.4 Å². The minimum atomic E-state index is 0.230. The zero-order valence-electron chi connectivity index (χ0n) is 17.0. The van der Waals surface area contributed by atoms with E-state index in [0.717, 1.165) is 28.5 Å². The third-order valence-electron chi connectivity index (χ3n) is 5.33. The predicted octanol–water partition coefficient (Wildman–Crippen LogP) is 6.12. The average molecular weight is 394 g/mol.